The SMILES string of the molecule is COC(=O)C(Cc1ccc(C)cc1)N1Cc2cc(OC)c(OC)cc2C1. The van der Waals surface area contributed by atoms with Crippen molar-refractivity contribution in [3.63, 3.8) is 0 Å². The number of rotatable bonds is 6. The van der Waals surface area contributed by atoms with Crippen molar-refractivity contribution >= 4 is 5.97 Å². The summed E-state index contributed by atoms with van der Waals surface area (Å²) in [7, 11) is 4.71. The van der Waals surface area contributed by atoms with Crippen molar-refractivity contribution < 1.29 is 19.0 Å². The van der Waals surface area contributed by atoms with Crippen molar-refractivity contribution in [2.24, 2.45) is 0 Å². The summed E-state index contributed by atoms with van der Waals surface area (Å²) in [5.41, 5.74) is 4.63. The zero-order chi connectivity index (χ0) is 18.7. The molecule has 0 fully saturated rings. The van der Waals surface area contributed by atoms with E-state index in [4.69, 9.17) is 14.2 Å². The Kier molecular flexibility index (Phi) is 5.47. The third-order valence-corrected chi connectivity index (χ3v) is 4.92. The van der Waals surface area contributed by atoms with Gasteiger partial charge in [0, 0.05) is 13.1 Å². The molecule has 5 nitrogen and oxygen atoms in total. The molecular weight excluding hydrogens is 330 g/mol. The smallest absolute Gasteiger partial charge is 0.323 e. The fourth-order valence-electron chi connectivity index (χ4n) is 3.42. The highest BCUT2D eigenvalue weighted by molar-refractivity contribution is 5.76. The summed E-state index contributed by atoms with van der Waals surface area (Å²) >= 11 is 0. The molecule has 138 valence electrons. The van der Waals surface area contributed by atoms with Gasteiger partial charge in [-0.3, -0.25) is 9.69 Å². The molecule has 0 bridgehead atoms. The summed E-state index contributed by atoms with van der Waals surface area (Å²) in [5, 5.41) is 0. The molecule has 3 rings (SSSR count). The van der Waals surface area contributed by atoms with Gasteiger partial charge in [-0.25, -0.2) is 0 Å². The van der Waals surface area contributed by atoms with Gasteiger partial charge in [-0.05, 0) is 42.2 Å². The Morgan fingerprint density at radius 2 is 1.54 bits per heavy atom. The molecule has 5 heteroatoms. The van der Waals surface area contributed by atoms with E-state index < -0.39 is 0 Å². The molecule has 0 N–H and O–H groups in total. The van der Waals surface area contributed by atoms with Gasteiger partial charge in [-0.1, -0.05) is 29.8 Å². The van der Waals surface area contributed by atoms with Crippen molar-refractivity contribution in [1.82, 2.24) is 4.90 Å². The van der Waals surface area contributed by atoms with Crippen molar-refractivity contribution in [2.45, 2.75) is 32.5 Å². The molecule has 1 heterocycles. The van der Waals surface area contributed by atoms with Crippen LogP contribution < -0.4 is 9.47 Å². The number of nitrogens with zero attached hydrogens (tertiary/aromatic N) is 1. The minimum absolute atomic E-state index is 0.211. The predicted molar refractivity (Wildman–Crippen MR) is 99.5 cm³/mol. The zero-order valence-corrected chi connectivity index (χ0v) is 15.7. The number of fused-ring (bicyclic) bond motifs is 1. The number of ether oxygens (including phenoxy) is 3. The van der Waals surface area contributed by atoms with Gasteiger partial charge < -0.3 is 14.2 Å². The quantitative estimate of drug-likeness (QED) is 0.745. The standard InChI is InChI=1S/C21H25NO4/c1-14-5-7-15(8-6-14)9-18(21(23)26-4)22-12-16-10-19(24-2)20(25-3)11-17(16)13-22/h5-8,10-11,18H,9,12-13H2,1-4H3. The van der Waals surface area contributed by atoms with Crippen molar-refractivity contribution in [1.29, 1.82) is 0 Å². The monoisotopic (exact) mass is 355 g/mol. The third-order valence-electron chi connectivity index (χ3n) is 4.92. The summed E-state index contributed by atoms with van der Waals surface area (Å²) in [4.78, 5) is 14.6. The van der Waals surface area contributed by atoms with Gasteiger partial charge in [-0.15, -0.1) is 0 Å². The van der Waals surface area contributed by atoms with E-state index >= 15 is 0 Å². The number of hydrogen-bond acceptors (Lipinski definition) is 5. The van der Waals surface area contributed by atoms with Crippen LogP contribution in [0.4, 0.5) is 0 Å². The van der Waals surface area contributed by atoms with Crippen LogP contribution in [0.5, 0.6) is 11.5 Å². The Morgan fingerprint density at radius 1 is 1.00 bits per heavy atom. The summed E-state index contributed by atoms with van der Waals surface area (Å²) in [5.74, 6) is 1.21. The number of aryl methyl sites for hydroxylation is 1. The maximum atomic E-state index is 12.5. The van der Waals surface area contributed by atoms with Crippen LogP contribution in [0.2, 0.25) is 0 Å². The molecule has 0 aliphatic carbocycles. The van der Waals surface area contributed by atoms with Crippen molar-refractivity contribution in [3.05, 3.63) is 58.7 Å². The Hall–Kier alpha value is -2.53. The molecule has 0 radical (unpaired) electrons. The average molecular weight is 355 g/mol. The van der Waals surface area contributed by atoms with Crippen LogP contribution in [-0.4, -0.2) is 38.2 Å². The van der Waals surface area contributed by atoms with Crippen molar-refractivity contribution in [3.8, 4) is 11.5 Å². The molecular formula is C21H25NO4. The van der Waals surface area contributed by atoms with Crippen LogP contribution >= 0.6 is 0 Å². The number of esters is 1. The summed E-state index contributed by atoms with van der Waals surface area (Å²) in [6.07, 6.45) is 0.620. The molecule has 0 amide bonds. The molecule has 2 aromatic rings. The Balaban J connectivity index is 1.84. The molecule has 0 spiro atoms. The molecule has 0 saturated heterocycles. The number of methoxy groups -OCH3 is 3. The van der Waals surface area contributed by atoms with Crippen molar-refractivity contribution in [2.75, 3.05) is 21.3 Å². The lowest BCUT2D eigenvalue weighted by molar-refractivity contribution is -0.147. The number of hydrogen-bond donors (Lipinski definition) is 0. The first-order valence-electron chi connectivity index (χ1n) is 8.67. The second kappa shape index (κ2) is 7.79. The highest BCUT2D eigenvalue weighted by Crippen LogP contribution is 2.36. The van der Waals surface area contributed by atoms with Gasteiger partial charge >= 0.3 is 5.97 Å². The molecule has 0 aromatic heterocycles. The lowest BCUT2D eigenvalue weighted by Gasteiger charge is -2.25. The molecule has 26 heavy (non-hydrogen) atoms. The maximum absolute atomic E-state index is 12.5. The average Bonchev–Trinajstić information content (AvgIpc) is 3.08. The number of benzene rings is 2. The minimum atomic E-state index is -0.327. The Morgan fingerprint density at radius 3 is 2.00 bits per heavy atom. The van der Waals surface area contributed by atoms with Gasteiger partial charge in [0.1, 0.15) is 6.04 Å². The first-order chi connectivity index (χ1) is 12.5. The van der Waals surface area contributed by atoms with Gasteiger partial charge in [0.2, 0.25) is 0 Å². The van der Waals surface area contributed by atoms with Crippen LogP contribution in [-0.2, 0) is 29.0 Å². The van der Waals surface area contributed by atoms with Gasteiger partial charge in [0.15, 0.2) is 11.5 Å². The van der Waals surface area contributed by atoms with E-state index in [0.717, 1.165) is 16.7 Å². The van der Waals surface area contributed by atoms with Gasteiger partial charge in [0.25, 0.3) is 0 Å². The first kappa shape index (κ1) is 18.3. The molecule has 1 unspecified atom stereocenters. The highest BCUT2D eigenvalue weighted by atomic mass is 16.5. The summed E-state index contributed by atoms with van der Waals surface area (Å²) in [6.45, 7) is 3.42. The van der Waals surface area contributed by atoms with E-state index in [1.54, 1.807) is 14.2 Å². The zero-order valence-electron chi connectivity index (χ0n) is 15.7. The Bertz CT molecular complexity index is 752. The second-order valence-electron chi connectivity index (χ2n) is 6.61. The largest absolute Gasteiger partial charge is 0.493 e. The normalized spacial score (nSPS) is 14.6. The van der Waals surface area contributed by atoms with E-state index in [0.29, 0.717) is 31.0 Å². The van der Waals surface area contributed by atoms with Gasteiger partial charge in [0.05, 0.1) is 21.3 Å². The maximum Gasteiger partial charge on any atom is 0.323 e. The van der Waals surface area contributed by atoms with Crippen LogP contribution in [0.1, 0.15) is 22.3 Å². The molecule has 0 saturated carbocycles. The van der Waals surface area contributed by atoms with Crippen LogP contribution in [0.15, 0.2) is 36.4 Å². The second-order valence-corrected chi connectivity index (χ2v) is 6.61. The van der Waals surface area contributed by atoms with Crippen LogP contribution in [0, 0.1) is 6.92 Å². The van der Waals surface area contributed by atoms with Crippen LogP contribution in [0.25, 0.3) is 0 Å². The lowest BCUT2D eigenvalue weighted by Crippen LogP contribution is -2.40. The molecule has 1 aliphatic rings. The minimum Gasteiger partial charge on any atom is -0.493 e. The van der Waals surface area contributed by atoms with E-state index in [9.17, 15) is 4.79 Å². The Labute approximate surface area is 154 Å². The fraction of sp³-hybridized carbons (Fsp3) is 0.381. The van der Waals surface area contributed by atoms with E-state index in [1.165, 1.54) is 12.7 Å². The summed E-state index contributed by atoms with van der Waals surface area (Å²) in [6, 6.07) is 11.9. The molecule has 1 atom stereocenters. The predicted octanol–water partition coefficient (Wildman–Crippen LogP) is 3.11. The summed E-state index contributed by atoms with van der Waals surface area (Å²) < 4.78 is 15.9. The topological polar surface area (TPSA) is 48.0 Å². The highest BCUT2D eigenvalue weighted by Gasteiger charge is 2.32. The van der Waals surface area contributed by atoms with E-state index in [-0.39, 0.29) is 12.0 Å². The lowest BCUT2D eigenvalue weighted by atomic mass is 10.0. The number of carbonyl (C=O) groups excluding carboxylic acids is 1. The molecule has 2 aromatic carbocycles. The molecule has 1 aliphatic heterocycles. The van der Waals surface area contributed by atoms with Crippen LogP contribution in [0.3, 0.4) is 0 Å². The van der Waals surface area contributed by atoms with E-state index in [1.807, 2.05) is 12.1 Å². The van der Waals surface area contributed by atoms with E-state index in [2.05, 4.69) is 36.1 Å². The first-order valence-corrected chi connectivity index (χ1v) is 8.67. The third kappa shape index (κ3) is 3.68. The van der Waals surface area contributed by atoms with Gasteiger partial charge in [-0.2, -0.15) is 0 Å². The number of carbonyl (C=O) groups is 1. The fourth-order valence-corrected chi connectivity index (χ4v) is 3.42.